The Bertz CT molecular complexity index is 654. The van der Waals surface area contributed by atoms with Crippen molar-refractivity contribution in [3.8, 4) is 0 Å². The van der Waals surface area contributed by atoms with Crippen LogP contribution >= 0.6 is 0 Å². The van der Waals surface area contributed by atoms with Gasteiger partial charge in [-0.3, -0.25) is 0 Å². The molecule has 0 spiro atoms. The van der Waals surface area contributed by atoms with E-state index in [4.69, 9.17) is 9.84 Å². The summed E-state index contributed by atoms with van der Waals surface area (Å²) in [5.74, 6) is -1.16. The molecule has 2 rings (SSSR count). The number of hydrogen-bond donors (Lipinski definition) is 3. The van der Waals surface area contributed by atoms with E-state index in [1.807, 2.05) is 6.92 Å². The van der Waals surface area contributed by atoms with Crippen LogP contribution < -0.4 is 10.0 Å². The predicted octanol–water partition coefficient (Wildman–Crippen LogP) is 1.66. The quantitative estimate of drug-likeness (QED) is 0.664. The molecule has 8 heteroatoms. The highest BCUT2D eigenvalue weighted by Crippen LogP contribution is 2.23. The first kappa shape index (κ1) is 17.7. The van der Waals surface area contributed by atoms with Gasteiger partial charge in [0.2, 0.25) is 10.0 Å². The second kappa shape index (κ2) is 7.76. The van der Waals surface area contributed by atoms with Crippen LogP contribution in [0.5, 0.6) is 0 Å². The largest absolute Gasteiger partial charge is 0.478 e. The van der Waals surface area contributed by atoms with Gasteiger partial charge in [-0.15, -0.1) is 0 Å². The number of carboxylic acids is 1. The first-order chi connectivity index (χ1) is 10.9. The van der Waals surface area contributed by atoms with Crippen molar-refractivity contribution < 1.29 is 23.1 Å². The number of hydrogen-bond acceptors (Lipinski definition) is 5. The number of rotatable bonds is 8. The molecule has 23 heavy (non-hydrogen) atoms. The standard InChI is InChI=1S/C15H22N2O5S/c1-2-7-16-13-6-5-11(15(18)19)9-14(13)23(20,21)17-10-12-4-3-8-22-12/h5-6,9,12,16-17H,2-4,7-8,10H2,1H3,(H,18,19)/t12-/m0/s1. The van der Waals surface area contributed by atoms with E-state index in [1.165, 1.54) is 18.2 Å². The molecule has 1 atom stereocenters. The molecule has 1 heterocycles. The fraction of sp³-hybridized carbons (Fsp3) is 0.533. The Hall–Kier alpha value is -1.64. The van der Waals surface area contributed by atoms with E-state index in [1.54, 1.807) is 0 Å². The fourth-order valence-electron chi connectivity index (χ4n) is 2.37. The van der Waals surface area contributed by atoms with Crippen molar-refractivity contribution in [2.75, 3.05) is 25.0 Å². The predicted molar refractivity (Wildman–Crippen MR) is 86.3 cm³/mol. The fourth-order valence-corrected chi connectivity index (χ4v) is 3.64. The first-order valence-corrected chi connectivity index (χ1v) is 9.15. The van der Waals surface area contributed by atoms with Crippen LogP contribution in [0.25, 0.3) is 0 Å². The second-order valence-electron chi connectivity index (χ2n) is 5.43. The third kappa shape index (κ3) is 4.66. The zero-order valence-electron chi connectivity index (χ0n) is 13.0. The molecule has 7 nitrogen and oxygen atoms in total. The number of sulfonamides is 1. The summed E-state index contributed by atoms with van der Waals surface area (Å²) in [4.78, 5) is 11.1. The van der Waals surface area contributed by atoms with E-state index < -0.39 is 16.0 Å². The highest BCUT2D eigenvalue weighted by atomic mass is 32.2. The number of carboxylic acid groups (broad SMARTS) is 1. The third-order valence-corrected chi connectivity index (χ3v) is 5.07. The van der Waals surface area contributed by atoms with Gasteiger partial charge in [-0.05, 0) is 37.5 Å². The van der Waals surface area contributed by atoms with Gasteiger partial charge in [-0.1, -0.05) is 6.92 Å². The highest BCUT2D eigenvalue weighted by Gasteiger charge is 2.23. The molecule has 0 radical (unpaired) electrons. The molecule has 0 aromatic heterocycles. The maximum absolute atomic E-state index is 12.5. The summed E-state index contributed by atoms with van der Waals surface area (Å²) in [6, 6.07) is 4.05. The average Bonchev–Trinajstić information content (AvgIpc) is 3.04. The number of carbonyl (C=O) groups is 1. The first-order valence-electron chi connectivity index (χ1n) is 7.66. The Kier molecular flexibility index (Phi) is 5.97. The summed E-state index contributed by atoms with van der Waals surface area (Å²) in [5, 5.41) is 12.1. The zero-order chi connectivity index (χ0) is 16.9. The molecule has 0 amide bonds. The number of nitrogens with one attached hydrogen (secondary N) is 2. The molecular weight excluding hydrogens is 320 g/mol. The van der Waals surface area contributed by atoms with Crippen molar-refractivity contribution >= 4 is 21.7 Å². The summed E-state index contributed by atoms with van der Waals surface area (Å²) in [7, 11) is -3.82. The SMILES string of the molecule is CCCNc1ccc(C(=O)O)cc1S(=O)(=O)NC[C@@H]1CCCO1. The second-order valence-corrected chi connectivity index (χ2v) is 7.17. The molecule has 1 fully saturated rings. The minimum absolute atomic E-state index is 0.0520. The minimum atomic E-state index is -3.82. The average molecular weight is 342 g/mol. The van der Waals surface area contributed by atoms with Gasteiger partial charge >= 0.3 is 5.97 Å². The minimum Gasteiger partial charge on any atom is -0.478 e. The third-order valence-electron chi connectivity index (χ3n) is 3.61. The molecule has 0 unspecified atom stereocenters. The molecule has 1 aliphatic heterocycles. The Labute approximate surface area is 136 Å². The topological polar surface area (TPSA) is 105 Å². The van der Waals surface area contributed by atoms with E-state index in [9.17, 15) is 13.2 Å². The van der Waals surface area contributed by atoms with E-state index >= 15 is 0 Å². The van der Waals surface area contributed by atoms with Crippen molar-refractivity contribution in [2.45, 2.75) is 37.2 Å². The van der Waals surface area contributed by atoms with Gasteiger partial charge < -0.3 is 15.2 Å². The maximum atomic E-state index is 12.5. The summed E-state index contributed by atoms with van der Waals surface area (Å²) in [6.07, 6.45) is 2.44. The van der Waals surface area contributed by atoms with Crippen LogP contribution in [0.1, 0.15) is 36.5 Å². The monoisotopic (exact) mass is 342 g/mol. The number of aromatic carboxylic acids is 1. The molecule has 1 saturated heterocycles. The lowest BCUT2D eigenvalue weighted by Gasteiger charge is -2.15. The van der Waals surface area contributed by atoms with Gasteiger partial charge in [0.15, 0.2) is 0 Å². The van der Waals surface area contributed by atoms with E-state index in [0.29, 0.717) is 18.8 Å². The summed E-state index contributed by atoms with van der Waals surface area (Å²) >= 11 is 0. The maximum Gasteiger partial charge on any atom is 0.335 e. The number of benzene rings is 1. The van der Waals surface area contributed by atoms with Gasteiger partial charge in [0.25, 0.3) is 0 Å². The molecule has 1 aromatic rings. The molecule has 0 saturated carbocycles. The van der Waals surface area contributed by atoms with Gasteiger partial charge in [0, 0.05) is 19.7 Å². The molecule has 0 aliphatic carbocycles. The molecule has 3 N–H and O–H groups in total. The van der Waals surface area contributed by atoms with Crippen molar-refractivity contribution in [3.05, 3.63) is 23.8 Å². The Morgan fingerprint density at radius 3 is 2.83 bits per heavy atom. The summed E-state index contributed by atoms with van der Waals surface area (Å²) in [6.45, 7) is 3.39. The molecule has 128 valence electrons. The molecule has 1 aromatic carbocycles. The highest BCUT2D eigenvalue weighted by molar-refractivity contribution is 7.89. The van der Waals surface area contributed by atoms with Crippen LogP contribution in [-0.4, -0.2) is 45.3 Å². The van der Waals surface area contributed by atoms with Crippen molar-refractivity contribution in [2.24, 2.45) is 0 Å². The molecular formula is C15H22N2O5S. The van der Waals surface area contributed by atoms with Crippen LogP contribution in [0.4, 0.5) is 5.69 Å². The van der Waals surface area contributed by atoms with Crippen LogP contribution in [0.15, 0.2) is 23.1 Å². The van der Waals surface area contributed by atoms with Crippen molar-refractivity contribution in [1.29, 1.82) is 0 Å². The van der Waals surface area contributed by atoms with Crippen LogP contribution in [-0.2, 0) is 14.8 Å². The number of ether oxygens (including phenoxy) is 1. The van der Waals surface area contributed by atoms with E-state index in [0.717, 1.165) is 19.3 Å². The van der Waals surface area contributed by atoms with Gasteiger partial charge in [0.1, 0.15) is 4.90 Å². The van der Waals surface area contributed by atoms with Gasteiger partial charge in [-0.25, -0.2) is 17.9 Å². The Balaban J connectivity index is 2.24. The lowest BCUT2D eigenvalue weighted by atomic mass is 10.2. The van der Waals surface area contributed by atoms with Gasteiger partial charge in [0.05, 0.1) is 17.4 Å². The molecule has 0 bridgehead atoms. The van der Waals surface area contributed by atoms with E-state index in [2.05, 4.69) is 10.0 Å². The van der Waals surface area contributed by atoms with Crippen LogP contribution in [0, 0.1) is 0 Å². The normalized spacial score (nSPS) is 18.0. The van der Waals surface area contributed by atoms with Crippen molar-refractivity contribution in [1.82, 2.24) is 4.72 Å². The zero-order valence-corrected chi connectivity index (χ0v) is 13.9. The van der Waals surface area contributed by atoms with Crippen LogP contribution in [0.2, 0.25) is 0 Å². The van der Waals surface area contributed by atoms with Crippen molar-refractivity contribution in [3.63, 3.8) is 0 Å². The smallest absolute Gasteiger partial charge is 0.335 e. The lowest BCUT2D eigenvalue weighted by Crippen LogP contribution is -2.32. The lowest BCUT2D eigenvalue weighted by molar-refractivity contribution is 0.0696. The summed E-state index contributed by atoms with van der Waals surface area (Å²) in [5.41, 5.74) is 0.334. The number of anilines is 1. The Morgan fingerprint density at radius 1 is 1.43 bits per heavy atom. The van der Waals surface area contributed by atoms with Gasteiger partial charge in [-0.2, -0.15) is 0 Å². The Morgan fingerprint density at radius 2 is 2.22 bits per heavy atom. The van der Waals surface area contributed by atoms with E-state index in [-0.39, 0.29) is 23.1 Å². The van der Waals surface area contributed by atoms with Crippen LogP contribution in [0.3, 0.4) is 0 Å². The molecule has 1 aliphatic rings. The summed E-state index contributed by atoms with van der Waals surface area (Å²) < 4.78 is 33.0.